The fraction of sp³-hybridized carbons (Fsp3) is 0.133. The van der Waals surface area contributed by atoms with E-state index in [9.17, 15) is 0 Å². The first-order chi connectivity index (χ1) is 9.69. The summed E-state index contributed by atoms with van der Waals surface area (Å²) in [6.07, 6.45) is 9.59. The van der Waals surface area contributed by atoms with Crippen LogP contribution in [-0.2, 0) is 0 Å². The fourth-order valence-electron chi connectivity index (χ4n) is 2.31. The maximum atomic E-state index is 5.61. The first-order valence-electron chi connectivity index (χ1n) is 6.38. The molecule has 0 bridgehead atoms. The molecule has 0 aliphatic rings. The van der Waals surface area contributed by atoms with E-state index in [0.29, 0.717) is 5.95 Å². The fourth-order valence-corrected chi connectivity index (χ4v) is 2.31. The number of hydrogen-bond acceptors (Lipinski definition) is 4. The molecule has 3 heterocycles. The molecule has 0 amide bonds. The molecular formula is C15H15N5. The van der Waals surface area contributed by atoms with Crippen molar-refractivity contribution in [3.05, 3.63) is 59.8 Å². The third kappa shape index (κ3) is 2.03. The van der Waals surface area contributed by atoms with E-state index in [4.69, 9.17) is 5.73 Å². The van der Waals surface area contributed by atoms with Crippen LogP contribution in [-0.4, -0.2) is 19.4 Å². The molecule has 0 atom stereocenters. The summed E-state index contributed by atoms with van der Waals surface area (Å²) in [7, 11) is 0. The lowest BCUT2D eigenvalue weighted by atomic mass is 9.99. The van der Waals surface area contributed by atoms with Crippen LogP contribution in [0.2, 0.25) is 0 Å². The molecule has 100 valence electrons. The van der Waals surface area contributed by atoms with E-state index in [-0.39, 0.29) is 0 Å². The maximum Gasteiger partial charge on any atom is 0.220 e. The van der Waals surface area contributed by atoms with E-state index < -0.39 is 0 Å². The van der Waals surface area contributed by atoms with Gasteiger partial charge in [-0.05, 0) is 37.1 Å². The lowest BCUT2D eigenvalue weighted by Gasteiger charge is -2.10. The zero-order valence-electron chi connectivity index (χ0n) is 11.4. The highest BCUT2D eigenvalue weighted by atomic mass is 15.0. The number of aryl methyl sites for hydroxylation is 1. The van der Waals surface area contributed by atoms with E-state index in [1.807, 2.05) is 42.8 Å². The van der Waals surface area contributed by atoms with Gasteiger partial charge in [0.25, 0.3) is 0 Å². The monoisotopic (exact) mass is 265 g/mol. The molecule has 0 saturated heterocycles. The summed E-state index contributed by atoms with van der Waals surface area (Å²) in [6, 6.07) is 4.04. The molecule has 3 aromatic heterocycles. The molecule has 0 spiro atoms. The van der Waals surface area contributed by atoms with Gasteiger partial charge in [0.15, 0.2) is 0 Å². The maximum absolute atomic E-state index is 5.61. The molecule has 0 unspecified atom stereocenters. The van der Waals surface area contributed by atoms with Crippen LogP contribution in [0.3, 0.4) is 0 Å². The number of pyridine rings is 1. The van der Waals surface area contributed by atoms with Crippen molar-refractivity contribution >= 4 is 17.2 Å². The zero-order chi connectivity index (χ0) is 14.1. The van der Waals surface area contributed by atoms with Crippen LogP contribution in [0.25, 0.3) is 11.2 Å². The molecular weight excluding hydrogens is 250 g/mol. The van der Waals surface area contributed by atoms with Gasteiger partial charge in [0.1, 0.15) is 5.65 Å². The third-order valence-corrected chi connectivity index (χ3v) is 3.28. The molecule has 0 fully saturated rings. The van der Waals surface area contributed by atoms with Crippen molar-refractivity contribution in [3.63, 3.8) is 0 Å². The molecule has 0 radical (unpaired) electrons. The van der Waals surface area contributed by atoms with Crippen molar-refractivity contribution in [1.29, 1.82) is 0 Å². The minimum Gasteiger partial charge on any atom is -0.368 e. The van der Waals surface area contributed by atoms with E-state index in [2.05, 4.69) is 21.0 Å². The van der Waals surface area contributed by atoms with Crippen molar-refractivity contribution in [2.24, 2.45) is 0 Å². The summed E-state index contributed by atoms with van der Waals surface area (Å²) >= 11 is 0. The van der Waals surface area contributed by atoms with E-state index in [0.717, 1.165) is 28.0 Å². The van der Waals surface area contributed by atoms with Crippen LogP contribution in [0.5, 0.6) is 0 Å². The minimum atomic E-state index is 0.298. The first-order valence-corrected chi connectivity index (χ1v) is 6.38. The van der Waals surface area contributed by atoms with Crippen LogP contribution >= 0.6 is 0 Å². The molecule has 3 aromatic rings. The molecule has 0 aliphatic carbocycles. The number of nitrogens with zero attached hydrogens (tertiary/aromatic N) is 4. The Kier molecular flexibility index (Phi) is 2.95. The van der Waals surface area contributed by atoms with Crippen LogP contribution in [0.1, 0.15) is 23.7 Å². The molecule has 0 aromatic carbocycles. The number of imidazole rings is 1. The highest BCUT2D eigenvalue weighted by Gasteiger charge is 2.10. The smallest absolute Gasteiger partial charge is 0.220 e. The number of nitrogen functional groups attached to an aromatic ring is 1. The van der Waals surface area contributed by atoms with Crippen molar-refractivity contribution in [2.45, 2.75) is 13.8 Å². The van der Waals surface area contributed by atoms with Gasteiger partial charge in [-0.3, -0.25) is 0 Å². The number of allylic oxidation sites excluding steroid dienone is 1. The number of rotatable bonds is 2. The molecule has 3 rings (SSSR count). The van der Waals surface area contributed by atoms with Crippen molar-refractivity contribution in [2.75, 3.05) is 5.73 Å². The average molecular weight is 265 g/mol. The molecule has 2 N–H and O–H groups in total. The Labute approximate surface area is 116 Å². The number of aromatic nitrogens is 4. The predicted octanol–water partition coefficient (Wildman–Crippen LogP) is 2.47. The third-order valence-electron chi connectivity index (χ3n) is 3.28. The normalized spacial score (nSPS) is 12.0. The molecule has 0 saturated carbocycles. The lowest BCUT2D eigenvalue weighted by Crippen LogP contribution is -2.01. The van der Waals surface area contributed by atoms with Gasteiger partial charge in [0.2, 0.25) is 5.95 Å². The Bertz CT molecular complexity index is 801. The summed E-state index contributed by atoms with van der Waals surface area (Å²) in [5.41, 5.74) is 10.6. The molecule has 5 nitrogen and oxygen atoms in total. The molecule has 0 aliphatic heterocycles. The number of hydrogen-bond donors (Lipinski definition) is 1. The zero-order valence-corrected chi connectivity index (χ0v) is 11.4. The van der Waals surface area contributed by atoms with Crippen LogP contribution < -0.4 is 5.73 Å². The quantitative estimate of drug-likeness (QED) is 0.772. The second kappa shape index (κ2) is 4.77. The van der Waals surface area contributed by atoms with Gasteiger partial charge in [0, 0.05) is 30.4 Å². The lowest BCUT2D eigenvalue weighted by molar-refractivity contribution is 1.10. The van der Waals surface area contributed by atoms with E-state index in [1.54, 1.807) is 12.4 Å². The average Bonchev–Trinajstić information content (AvgIpc) is 2.89. The Morgan fingerprint density at radius 3 is 2.90 bits per heavy atom. The van der Waals surface area contributed by atoms with Gasteiger partial charge < -0.3 is 10.1 Å². The Morgan fingerprint density at radius 1 is 1.30 bits per heavy atom. The number of anilines is 1. The first kappa shape index (κ1) is 12.3. The van der Waals surface area contributed by atoms with Gasteiger partial charge >= 0.3 is 0 Å². The Morgan fingerprint density at radius 2 is 2.15 bits per heavy atom. The van der Waals surface area contributed by atoms with Crippen molar-refractivity contribution < 1.29 is 0 Å². The SMILES string of the molecule is C/C=C(/c1ccc2nccn2c1)c1cnc(N)nc1C. The number of fused-ring (bicyclic) bond motifs is 1. The van der Waals surface area contributed by atoms with Gasteiger partial charge in [-0.1, -0.05) is 6.08 Å². The second-order valence-electron chi connectivity index (χ2n) is 4.54. The predicted molar refractivity (Wildman–Crippen MR) is 79.1 cm³/mol. The van der Waals surface area contributed by atoms with Gasteiger partial charge in [0.05, 0.1) is 5.69 Å². The summed E-state index contributed by atoms with van der Waals surface area (Å²) in [5, 5.41) is 0. The van der Waals surface area contributed by atoms with Crippen molar-refractivity contribution in [1.82, 2.24) is 19.4 Å². The Hall–Kier alpha value is -2.69. The van der Waals surface area contributed by atoms with Gasteiger partial charge in [-0.25, -0.2) is 15.0 Å². The van der Waals surface area contributed by atoms with Crippen LogP contribution in [0.4, 0.5) is 5.95 Å². The van der Waals surface area contributed by atoms with Gasteiger partial charge in [-0.15, -0.1) is 0 Å². The summed E-state index contributed by atoms with van der Waals surface area (Å²) in [5.74, 6) is 0.298. The summed E-state index contributed by atoms with van der Waals surface area (Å²) < 4.78 is 1.99. The Balaban J connectivity index is 2.13. The van der Waals surface area contributed by atoms with E-state index >= 15 is 0 Å². The second-order valence-corrected chi connectivity index (χ2v) is 4.54. The minimum absolute atomic E-state index is 0.298. The largest absolute Gasteiger partial charge is 0.368 e. The standard InChI is InChI=1S/C15H15N5/c1-3-12(13-8-18-15(16)19-10(13)2)11-4-5-14-17-6-7-20(14)9-11/h3-9H,1-2H3,(H2,16,18,19)/b12-3-. The topological polar surface area (TPSA) is 69.1 Å². The highest BCUT2D eigenvalue weighted by Crippen LogP contribution is 2.25. The van der Waals surface area contributed by atoms with Crippen LogP contribution in [0.15, 0.2) is 43.0 Å². The van der Waals surface area contributed by atoms with E-state index in [1.165, 1.54) is 0 Å². The van der Waals surface area contributed by atoms with Crippen molar-refractivity contribution in [3.8, 4) is 0 Å². The van der Waals surface area contributed by atoms with Crippen LogP contribution in [0, 0.1) is 6.92 Å². The molecule has 5 heteroatoms. The highest BCUT2D eigenvalue weighted by molar-refractivity contribution is 5.80. The summed E-state index contributed by atoms with van der Waals surface area (Å²) in [6.45, 7) is 3.94. The number of nitrogens with two attached hydrogens (primary N) is 1. The molecule has 20 heavy (non-hydrogen) atoms. The van der Waals surface area contributed by atoms with Gasteiger partial charge in [-0.2, -0.15) is 0 Å². The summed E-state index contributed by atoms with van der Waals surface area (Å²) in [4.78, 5) is 12.6.